The molecule has 2 aromatic carbocycles. The first-order valence-electron chi connectivity index (χ1n) is 7.84. The first-order chi connectivity index (χ1) is 11.1. The highest BCUT2D eigenvalue weighted by Crippen LogP contribution is 2.41. The molecule has 0 radical (unpaired) electrons. The van der Waals surface area contributed by atoms with Crippen molar-refractivity contribution in [3.05, 3.63) is 42.2 Å². The number of phenolic OH excluding ortho intramolecular Hbond substituents is 2. The zero-order chi connectivity index (χ0) is 16.0. The maximum Gasteiger partial charge on any atom is 0.151 e. The number of aromatic nitrogens is 2. The van der Waals surface area contributed by atoms with Crippen molar-refractivity contribution in [2.75, 3.05) is 0 Å². The van der Waals surface area contributed by atoms with Gasteiger partial charge in [0.1, 0.15) is 17.0 Å². The summed E-state index contributed by atoms with van der Waals surface area (Å²) >= 11 is 0. The summed E-state index contributed by atoms with van der Waals surface area (Å²) < 4.78 is 16.0. The molecule has 1 aliphatic rings. The van der Waals surface area contributed by atoms with Crippen LogP contribution in [0.25, 0.3) is 22.2 Å². The Morgan fingerprint density at radius 3 is 2.61 bits per heavy atom. The molecule has 1 heterocycles. The zero-order valence-electron chi connectivity index (χ0n) is 12.5. The predicted octanol–water partition coefficient (Wildman–Crippen LogP) is 4.37. The summed E-state index contributed by atoms with van der Waals surface area (Å²) in [4.78, 5) is 0. The normalized spacial score (nSPS) is 15.5. The van der Waals surface area contributed by atoms with Gasteiger partial charge in [-0.15, -0.1) is 0 Å². The molecule has 1 aromatic heterocycles. The van der Waals surface area contributed by atoms with E-state index in [-0.39, 0.29) is 23.4 Å². The number of hydrogen-bond donors (Lipinski definition) is 2. The standard InChI is InChI=1S/C18H17FN2O2/c19-15-7-3-6-14-17(15)20-21(11-4-1-2-5-11)18(14)13-9-8-12(22)10-16(13)23/h3,6-11,22-23H,1-2,4-5H2. The number of nitrogens with zero attached hydrogens (tertiary/aromatic N) is 2. The molecule has 1 fully saturated rings. The van der Waals surface area contributed by atoms with E-state index < -0.39 is 0 Å². The van der Waals surface area contributed by atoms with Crippen molar-refractivity contribution < 1.29 is 14.6 Å². The quantitative estimate of drug-likeness (QED) is 0.739. The molecular weight excluding hydrogens is 295 g/mol. The molecule has 4 rings (SSSR count). The molecule has 0 bridgehead atoms. The molecule has 0 saturated heterocycles. The smallest absolute Gasteiger partial charge is 0.151 e. The lowest BCUT2D eigenvalue weighted by molar-refractivity contribution is 0.448. The fraction of sp³-hybridized carbons (Fsp3) is 0.278. The average Bonchev–Trinajstić information content (AvgIpc) is 3.15. The number of hydrogen-bond acceptors (Lipinski definition) is 3. The second-order valence-corrected chi connectivity index (χ2v) is 6.07. The van der Waals surface area contributed by atoms with Gasteiger partial charge in [0.2, 0.25) is 0 Å². The van der Waals surface area contributed by atoms with Crippen LogP contribution < -0.4 is 0 Å². The number of fused-ring (bicyclic) bond motifs is 1. The Balaban J connectivity index is 2.02. The Labute approximate surface area is 132 Å². The summed E-state index contributed by atoms with van der Waals surface area (Å²) in [6.07, 6.45) is 4.26. The molecule has 23 heavy (non-hydrogen) atoms. The van der Waals surface area contributed by atoms with Gasteiger partial charge < -0.3 is 10.2 Å². The van der Waals surface area contributed by atoms with Crippen LogP contribution in [0, 0.1) is 5.82 Å². The van der Waals surface area contributed by atoms with Gasteiger partial charge in [0.15, 0.2) is 5.82 Å². The van der Waals surface area contributed by atoms with E-state index >= 15 is 0 Å². The van der Waals surface area contributed by atoms with Gasteiger partial charge in [0.05, 0.1) is 11.7 Å². The molecule has 2 N–H and O–H groups in total. The molecule has 4 nitrogen and oxygen atoms in total. The number of halogens is 1. The minimum absolute atomic E-state index is 0.00586. The summed E-state index contributed by atoms with van der Waals surface area (Å²) in [7, 11) is 0. The number of phenols is 2. The second-order valence-electron chi connectivity index (χ2n) is 6.07. The van der Waals surface area contributed by atoms with Crippen LogP contribution in [0.15, 0.2) is 36.4 Å². The third kappa shape index (κ3) is 2.23. The Hall–Kier alpha value is -2.56. The van der Waals surface area contributed by atoms with E-state index in [1.807, 2.05) is 10.7 Å². The largest absolute Gasteiger partial charge is 0.508 e. The van der Waals surface area contributed by atoms with Crippen LogP contribution in [0.1, 0.15) is 31.7 Å². The van der Waals surface area contributed by atoms with Gasteiger partial charge in [-0.3, -0.25) is 4.68 Å². The Morgan fingerprint density at radius 1 is 1.09 bits per heavy atom. The zero-order valence-corrected chi connectivity index (χ0v) is 12.5. The van der Waals surface area contributed by atoms with Crippen LogP contribution in [0.5, 0.6) is 11.5 Å². The maximum absolute atomic E-state index is 14.2. The number of rotatable bonds is 2. The number of benzene rings is 2. The van der Waals surface area contributed by atoms with E-state index in [4.69, 9.17) is 0 Å². The van der Waals surface area contributed by atoms with Crippen LogP contribution in [0.3, 0.4) is 0 Å². The van der Waals surface area contributed by atoms with Crippen molar-refractivity contribution >= 4 is 10.9 Å². The summed E-state index contributed by atoms with van der Waals surface area (Å²) in [6, 6.07) is 9.55. The van der Waals surface area contributed by atoms with E-state index in [2.05, 4.69) is 5.10 Å². The van der Waals surface area contributed by atoms with Gasteiger partial charge in [-0.2, -0.15) is 5.10 Å². The average molecular weight is 312 g/mol. The predicted molar refractivity (Wildman–Crippen MR) is 86.0 cm³/mol. The highest BCUT2D eigenvalue weighted by molar-refractivity contribution is 5.95. The van der Waals surface area contributed by atoms with Crippen molar-refractivity contribution in [1.29, 1.82) is 0 Å². The first kappa shape index (κ1) is 14.1. The Kier molecular flexibility index (Phi) is 3.22. The van der Waals surface area contributed by atoms with Gasteiger partial charge in [-0.1, -0.05) is 25.0 Å². The lowest BCUT2D eigenvalue weighted by Crippen LogP contribution is -2.08. The molecule has 118 valence electrons. The molecule has 0 unspecified atom stereocenters. The van der Waals surface area contributed by atoms with Gasteiger partial charge in [0, 0.05) is 17.0 Å². The van der Waals surface area contributed by atoms with Crippen LogP contribution in [0.4, 0.5) is 4.39 Å². The van der Waals surface area contributed by atoms with Crippen LogP contribution in [-0.4, -0.2) is 20.0 Å². The Bertz CT molecular complexity index is 882. The van der Waals surface area contributed by atoms with E-state index in [0.29, 0.717) is 22.2 Å². The van der Waals surface area contributed by atoms with Crippen molar-refractivity contribution in [2.24, 2.45) is 0 Å². The first-order valence-corrected chi connectivity index (χ1v) is 7.84. The summed E-state index contributed by atoms with van der Waals surface area (Å²) in [5, 5.41) is 25.0. The summed E-state index contributed by atoms with van der Waals surface area (Å²) in [5.41, 5.74) is 1.59. The third-order valence-electron chi connectivity index (χ3n) is 4.59. The third-order valence-corrected chi connectivity index (χ3v) is 4.59. The molecule has 1 aliphatic carbocycles. The van der Waals surface area contributed by atoms with Gasteiger partial charge in [-0.25, -0.2) is 4.39 Å². The maximum atomic E-state index is 14.2. The Morgan fingerprint density at radius 2 is 1.87 bits per heavy atom. The lowest BCUT2D eigenvalue weighted by atomic mass is 10.1. The van der Waals surface area contributed by atoms with E-state index in [1.165, 1.54) is 18.2 Å². The monoisotopic (exact) mass is 312 g/mol. The second kappa shape index (κ2) is 5.26. The molecule has 0 spiro atoms. The molecule has 0 amide bonds. The van der Waals surface area contributed by atoms with Gasteiger partial charge >= 0.3 is 0 Å². The highest BCUT2D eigenvalue weighted by Gasteiger charge is 2.25. The van der Waals surface area contributed by atoms with E-state index in [1.54, 1.807) is 12.1 Å². The summed E-state index contributed by atoms with van der Waals surface area (Å²) in [6.45, 7) is 0. The van der Waals surface area contributed by atoms with Crippen molar-refractivity contribution in [1.82, 2.24) is 9.78 Å². The highest BCUT2D eigenvalue weighted by atomic mass is 19.1. The fourth-order valence-electron chi connectivity index (χ4n) is 3.49. The van der Waals surface area contributed by atoms with Gasteiger partial charge in [0.25, 0.3) is 0 Å². The van der Waals surface area contributed by atoms with Crippen LogP contribution >= 0.6 is 0 Å². The minimum atomic E-state index is -0.362. The topological polar surface area (TPSA) is 58.3 Å². The van der Waals surface area contributed by atoms with E-state index in [9.17, 15) is 14.6 Å². The lowest BCUT2D eigenvalue weighted by Gasteiger charge is -2.15. The summed E-state index contributed by atoms with van der Waals surface area (Å²) in [5.74, 6) is -0.400. The minimum Gasteiger partial charge on any atom is -0.508 e. The molecule has 1 saturated carbocycles. The molecule has 0 atom stereocenters. The molecule has 5 heteroatoms. The SMILES string of the molecule is Oc1ccc(-c2c3cccc(F)c3nn2C2CCCC2)c(O)c1. The van der Waals surface area contributed by atoms with Crippen LogP contribution in [0.2, 0.25) is 0 Å². The number of aromatic hydroxyl groups is 2. The van der Waals surface area contributed by atoms with Gasteiger partial charge in [-0.05, 0) is 31.0 Å². The van der Waals surface area contributed by atoms with Crippen molar-refractivity contribution in [3.63, 3.8) is 0 Å². The molecular formula is C18H17FN2O2. The van der Waals surface area contributed by atoms with Crippen molar-refractivity contribution in [2.45, 2.75) is 31.7 Å². The molecule has 3 aromatic rings. The fourth-order valence-corrected chi connectivity index (χ4v) is 3.49. The van der Waals surface area contributed by atoms with Crippen molar-refractivity contribution in [3.8, 4) is 22.8 Å². The molecule has 0 aliphatic heterocycles. The van der Waals surface area contributed by atoms with E-state index in [0.717, 1.165) is 25.7 Å². The van der Waals surface area contributed by atoms with Crippen LogP contribution in [-0.2, 0) is 0 Å².